The summed E-state index contributed by atoms with van der Waals surface area (Å²) in [4.78, 5) is 6.07. The molecule has 0 aliphatic rings. The third-order valence-electron chi connectivity index (χ3n) is 3.83. The van der Waals surface area contributed by atoms with Gasteiger partial charge in [0.25, 0.3) is 0 Å². The molecule has 3 heteroatoms. The zero-order chi connectivity index (χ0) is 15.7. The van der Waals surface area contributed by atoms with Crippen LogP contribution in [-0.4, -0.2) is 4.98 Å². The van der Waals surface area contributed by atoms with E-state index in [2.05, 4.69) is 69.4 Å². The molecule has 0 saturated heterocycles. The molecule has 0 aliphatic carbocycles. The maximum atomic E-state index is 4.83. The molecule has 0 atom stereocenters. The number of hydrogen-bond donors (Lipinski definition) is 1. The van der Waals surface area contributed by atoms with Gasteiger partial charge in [0.15, 0.2) is 5.13 Å². The van der Waals surface area contributed by atoms with Gasteiger partial charge in [-0.25, -0.2) is 4.98 Å². The lowest BCUT2D eigenvalue weighted by Gasteiger charge is -2.06. The average Bonchev–Trinajstić information content (AvgIpc) is 2.85. The first-order chi connectivity index (χ1) is 10.5. The van der Waals surface area contributed by atoms with E-state index >= 15 is 0 Å². The Bertz CT molecular complexity index is 818. The number of nitrogens with zero attached hydrogens (tertiary/aromatic N) is 1. The summed E-state index contributed by atoms with van der Waals surface area (Å²) >= 11 is 1.71. The van der Waals surface area contributed by atoms with Crippen LogP contribution in [-0.2, 0) is 0 Å². The molecule has 0 radical (unpaired) electrons. The smallest absolute Gasteiger partial charge is 0.187 e. The zero-order valence-corrected chi connectivity index (χ0v) is 14.2. The molecule has 1 heterocycles. The summed E-state index contributed by atoms with van der Waals surface area (Å²) in [5, 5.41) is 4.39. The van der Waals surface area contributed by atoms with Crippen molar-refractivity contribution in [3.8, 4) is 11.3 Å². The summed E-state index contributed by atoms with van der Waals surface area (Å²) in [6.45, 7) is 8.51. The SMILES string of the molecule is Cc1ccc(C)c(-c2nc(Nc3ccccc3C)sc2C)c1. The highest BCUT2D eigenvalue weighted by atomic mass is 32.1. The Kier molecular flexibility index (Phi) is 3.99. The first-order valence-corrected chi connectivity index (χ1v) is 8.24. The molecule has 1 aromatic heterocycles. The number of rotatable bonds is 3. The molecule has 0 spiro atoms. The minimum Gasteiger partial charge on any atom is -0.331 e. The fourth-order valence-corrected chi connectivity index (χ4v) is 3.36. The molecule has 2 aromatic carbocycles. The molecule has 0 fully saturated rings. The average molecular weight is 308 g/mol. The van der Waals surface area contributed by atoms with Gasteiger partial charge in [-0.05, 0) is 51.0 Å². The van der Waals surface area contributed by atoms with Gasteiger partial charge in [0, 0.05) is 16.1 Å². The van der Waals surface area contributed by atoms with E-state index in [9.17, 15) is 0 Å². The van der Waals surface area contributed by atoms with Crippen LogP contribution >= 0.6 is 11.3 Å². The highest BCUT2D eigenvalue weighted by molar-refractivity contribution is 7.16. The lowest BCUT2D eigenvalue weighted by molar-refractivity contribution is 1.31. The van der Waals surface area contributed by atoms with Gasteiger partial charge in [-0.1, -0.05) is 35.9 Å². The van der Waals surface area contributed by atoms with Crippen molar-refractivity contribution in [3.63, 3.8) is 0 Å². The number of anilines is 2. The van der Waals surface area contributed by atoms with E-state index in [4.69, 9.17) is 4.98 Å². The number of benzene rings is 2. The molecule has 112 valence electrons. The first-order valence-electron chi connectivity index (χ1n) is 7.42. The Labute approximate surface area is 135 Å². The molecule has 0 bridgehead atoms. The maximum Gasteiger partial charge on any atom is 0.187 e. The molecule has 1 N–H and O–H groups in total. The van der Waals surface area contributed by atoms with Crippen LogP contribution in [0.1, 0.15) is 21.6 Å². The van der Waals surface area contributed by atoms with Crippen molar-refractivity contribution < 1.29 is 0 Å². The maximum absolute atomic E-state index is 4.83. The monoisotopic (exact) mass is 308 g/mol. The predicted octanol–water partition coefficient (Wildman–Crippen LogP) is 5.79. The molecule has 0 amide bonds. The number of nitrogens with one attached hydrogen (secondary N) is 1. The van der Waals surface area contributed by atoms with Gasteiger partial charge in [-0.3, -0.25) is 0 Å². The van der Waals surface area contributed by atoms with Crippen molar-refractivity contribution in [3.05, 3.63) is 64.0 Å². The largest absolute Gasteiger partial charge is 0.331 e. The summed E-state index contributed by atoms with van der Waals surface area (Å²) in [7, 11) is 0. The number of aryl methyl sites for hydroxylation is 4. The fraction of sp³-hybridized carbons (Fsp3) is 0.211. The van der Waals surface area contributed by atoms with E-state index in [1.807, 2.05) is 6.07 Å². The van der Waals surface area contributed by atoms with Crippen molar-refractivity contribution >= 4 is 22.2 Å². The molecule has 2 nitrogen and oxygen atoms in total. The zero-order valence-electron chi connectivity index (χ0n) is 13.4. The Morgan fingerprint density at radius 3 is 2.45 bits per heavy atom. The number of para-hydroxylation sites is 1. The lowest BCUT2D eigenvalue weighted by atomic mass is 10.0. The van der Waals surface area contributed by atoms with Crippen LogP contribution in [0.3, 0.4) is 0 Å². The van der Waals surface area contributed by atoms with Gasteiger partial charge in [0.1, 0.15) is 0 Å². The molecular formula is C19H20N2S. The Hall–Kier alpha value is -2.13. The summed E-state index contributed by atoms with van der Waals surface area (Å²) in [6.07, 6.45) is 0. The van der Waals surface area contributed by atoms with Gasteiger partial charge >= 0.3 is 0 Å². The molecule has 3 aromatic rings. The second-order valence-electron chi connectivity index (χ2n) is 5.68. The van der Waals surface area contributed by atoms with Crippen LogP contribution in [0.2, 0.25) is 0 Å². The van der Waals surface area contributed by atoms with Crippen LogP contribution in [0.5, 0.6) is 0 Å². The molecule has 0 saturated carbocycles. The first kappa shape index (κ1) is 14.8. The van der Waals surface area contributed by atoms with Gasteiger partial charge < -0.3 is 5.32 Å². The van der Waals surface area contributed by atoms with E-state index in [-0.39, 0.29) is 0 Å². The van der Waals surface area contributed by atoms with Gasteiger partial charge in [0.05, 0.1) is 5.69 Å². The van der Waals surface area contributed by atoms with Crippen LogP contribution in [0, 0.1) is 27.7 Å². The highest BCUT2D eigenvalue weighted by Gasteiger charge is 2.12. The predicted molar refractivity (Wildman–Crippen MR) is 96.2 cm³/mol. The summed E-state index contributed by atoms with van der Waals surface area (Å²) in [5.74, 6) is 0. The van der Waals surface area contributed by atoms with Crippen molar-refractivity contribution in [1.82, 2.24) is 4.98 Å². The van der Waals surface area contributed by atoms with E-state index in [1.165, 1.54) is 27.1 Å². The third-order valence-corrected chi connectivity index (χ3v) is 4.72. The minimum atomic E-state index is 0.947. The molecule has 0 unspecified atom stereocenters. The van der Waals surface area contributed by atoms with Crippen LogP contribution < -0.4 is 5.32 Å². The van der Waals surface area contributed by atoms with Crippen molar-refractivity contribution in [2.45, 2.75) is 27.7 Å². The highest BCUT2D eigenvalue weighted by Crippen LogP contribution is 2.34. The van der Waals surface area contributed by atoms with Crippen molar-refractivity contribution in [2.24, 2.45) is 0 Å². The van der Waals surface area contributed by atoms with Crippen LogP contribution in [0.4, 0.5) is 10.8 Å². The van der Waals surface area contributed by atoms with Crippen LogP contribution in [0.15, 0.2) is 42.5 Å². The minimum absolute atomic E-state index is 0.947. The summed E-state index contributed by atoms with van der Waals surface area (Å²) in [5.41, 5.74) is 7.18. The van der Waals surface area contributed by atoms with Gasteiger partial charge in [-0.2, -0.15) is 0 Å². The molecule has 0 aliphatic heterocycles. The molecule has 3 rings (SSSR count). The Morgan fingerprint density at radius 1 is 0.909 bits per heavy atom. The number of aromatic nitrogens is 1. The van der Waals surface area contributed by atoms with E-state index < -0.39 is 0 Å². The molecular weight excluding hydrogens is 288 g/mol. The second kappa shape index (κ2) is 5.93. The molecule has 22 heavy (non-hydrogen) atoms. The summed E-state index contributed by atoms with van der Waals surface area (Å²) < 4.78 is 0. The second-order valence-corrected chi connectivity index (χ2v) is 6.89. The number of thiazole rings is 1. The summed E-state index contributed by atoms with van der Waals surface area (Å²) in [6, 6.07) is 14.8. The lowest BCUT2D eigenvalue weighted by Crippen LogP contribution is -1.92. The standard InChI is InChI=1S/C19H20N2S/c1-12-9-10-13(2)16(11-12)18-15(4)22-19(21-18)20-17-8-6-5-7-14(17)3/h5-11H,1-4H3,(H,20,21). The third kappa shape index (κ3) is 2.90. The number of hydrogen-bond acceptors (Lipinski definition) is 3. The Morgan fingerprint density at radius 2 is 1.68 bits per heavy atom. The van der Waals surface area contributed by atoms with E-state index in [0.717, 1.165) is 16.5 Å². The van der Waals surface area contributed by atoms with Gasteiger partial charge in [0.2, 0.25) is 0 Å². The normalized spacial score (nSPS) is 10.7. The van der Waals surface area contributed by atoms with Crippen molar-refractivity contribution in [2.75, 3.05) is 5.32 Å². The van der Waals surface area contributed by atoms with Crippen molar-refractivity contribution in [1.29, 1.82) is 0 Å². The quantitative estimate of drug-likeness (QED) is 0.662. The fourth-order valence-electron chi connectivity index (χ4n) is 2.52. The van der Waals surface area contributed by atoms with Gasteiger partial charge in [-0.15, -0.1) is 11.3 Å². The Balaban J connectivity index is 1.98. The van der Waals surface area contributed by atoms with E-state index in [0.29, 0.717) is 0 Å². The van der Waals surface area contributed by atoms with E-state index in [1.54, 1.807) is 11.3 Å². The van der Waals surface area contributed by atoms with Crippen LogP contribution in [0.25, 0.3) is 11.3 Å². The topological polar surface area (TPSA) is 24.9 Å².